The fraction of sp³-hybridized carbons (Fsp3) is 0.586. The summed E-state index contributed by atoms with van der Waals surface area (Å²) in [5, 5.41) is 9.81. The van der Waals surface area contributed by atoms with Gasteiger partial charge in [-0.1, -0.05) is 75.3 Å². The minimum Gasteiger partial charge on any atom is -0.404 e. The molecule has 4 fully saturated rings. The van der Waals surface area contributed by atoms with Gasteiger partial charge in [-0.25, -0.2) is 0 Å². The number of hydrogen-bond acceptors (Lipinski definition) is 5. The molecule has 2 aromatic carbocycles. The summed E-state index contributed by atoms with van der Waals surface area (Å²) in [4.78, 5) is 19.0. The number of nitrogens with one attached hydrogen (secondary N) is 1. The van der Waals surface area contributed by atoms with Gasteiger partial charge >= 0.3 is 7.12 Å². The number of amides is 1. The molecule has 7 heteroatoms. The van der Waals surface area contributed by atoms with Gasteiger partial charge in [-0.15, -0.1) is 0 Å². The van der Waals surface area contributed by atoms with Gasteiger partial charge in [0.25, 0.3) is 5.91 Å². The molecule has 3 saturated carbocycles. The summed E-state index contributed by atoms with van der Waals surface area (Å²) in [5.74, 6) is 1.18. The topological polar surface area (TPSA) is 69.2 Å². The first-order valence-electron chi connectivity index (χ1n) is 13.5. The molecule has 6 nitrogen and oxygen atoms in total. The summed E-state index contributed by atoms with van der Waals surface area (Å²) in [6.45, 7) is 11.3. The number of nitrogens with zero attached hydrogens (tertiary/aromatic N) is 1. The summed E-state index contributed by atoms with van der Waals surface area (Å²) in [7, 11) is -0.443. The van der Waals surface area contributed by atoms with Crippen molar-refractivity contribution < 1.29 is 18.9 Å². The maximum atomic E-state index is 13.4. The van der Waals surface area contributed by atoms with Gasteiger partial charge in [-0.2, -0.15) is 0 Å². The molecule has 6 atom stereocenters. The molecule has 7 rings (SSSR count). The number of hydrogen-bond donors (Lipinski definition) is 1. The zero-order valence-corrected chi connectivity index (χ0v) is 22.0. The Labute approximate surface area is 214 Å². The van der Waals surface area contributed by atoms with Gasteiger partial charge in [0.15, 0.2) is 0 Å². The third-order valence-electron chi connectivity index (χ3n) is 9.41. The highest BCUT2D eigenvalue weighted by Crippen LogP contribution is 2.65. The van der Waals surface area contributed by atoms with Crippen LogP contribution in [0.5, 0.6) is 0 Å². The molecule has 1 N–H and O–H groups in total. The van der Waals surface area contributed by atoms with E-state index in [1.807, 2.05) is 24.3 Å². The third kappa shape index (κ3) is 3.78. The lowest BCUT2D eigenvalue weighted by atomic mass is 9.43. The van der Waals surface area contributed by atoms with Gasteiger partial charge in [-0.05, 0) is 60.1 Å². The van der Waals surface area contributed by atoms with Gasteiger partial charge in [0.05, 0.1) is 23.4 Å². The van der Waals surface area contributed by atoms with Gasteiger partial charge in [0.1, 0.15) is 0 Å². The van der Waals surface area contributed by atoms with Crippen LogP contribution in [-0.4, -0.2) is 42.5 Å². The quantitative estimate of drug-likeness (QED) is 0.573. The van der Waals surface area contributed by atoms with Crippen LogP contribution in [0.4, 0.5) is 0 Å². The Morgan fingerprint density at radius 2 is 1.92 bits per heavy atom. The second kappa shape index (κ2) is 8.59. The number of fused-ring (bicyclic) bond motifs is 1. The van der Waals surface area contributed by atoms with Crippen molar-refractivity contribution in [3.63, 3.8) is 0 Å². The predicted molar refractivity (Wildman–Crippen MR) is 141 cm³/mol. The zero-order valence-electron chi connectivity index (χ0n) is 22.0. The highest BCUT2D eigenvalue weighted by Gasteiger charge is 2.68. The van der Waals surface area contributed by atoms with E-state index < -0.39 is 13.2 Å². The molecule has 0 aromatic heterocycles. The molecule has 2 aromatic rings. The van der Waals surface area contributed by atoms with Crippen molar-refractivity contribution in [2.24, 2.45) is 28.3 Å². The van der Waals surface area contributed by atoms with E-state index in [-0.39, 0.29) is 29.0 Å². The first-order chi connectivity index (χ1) is 17.2. The van der Waals surface area contributed by atoms with Crippen molar-refractivity contribution in [2.75, 3.05) is 0 Å². The lowest BCUT2D eigenvalue weighted by Gasteiger charge is -2.64. The monoisotopic (exact) mass is 488 g/mol. The summed E-state index contributed by atoms with van der Waals surface area (Å²) in [5.41, 5.74) is 1.81. The maximum absolute atomic E-state index is 13.4. The minimum absolute atomic E-state index is 0.0925. The standard InChI is InChI=1S/C29H37BN2O4/c1-17(2)13-26(30-34-25-15-19-14-24(28(19,3)4)29(25,5)36-30)31-27(33)23-16-22(32-35-23)21-12-8-10-18-9-6-7-11-20(18)21/h6-12,17,19,23-26H,13-16H2,1-5H3,(H,31,33)/t19-,23?,24-,25+,26-,29-/m0/s1. The summed E-state index contributed by atoms with van der Waals surface area (Å²) >= 11 is 0. The van der Waals surface area contributed by atoms with Gasteiger partial charge in [0, 0.05) is 12.0 Å². The Morgan fingerprint density at radius 3 is 2.69 bits per heavy atom. The van der Waals surface area contributed by atoms with Crippen molar-refractivity contribution in [3.05, 3.63) is 48.0 Å². The molecule has 5 aliphatic rings. The number of rotatable bonds is 6. The average molecular weight is 488 g/mol. The van der Waals surface area contributed by atoms with E-state index in [4.69, 9.17) is 14.1 Å². The summed E-state index contributed by atoms with van der Waals surface area (Å²) in [6.07, 6.45) is 2.91. The molecule has 3 aliphatic carbocycles. The number of oxime groups is 1. The Morgan fingerprint density at radius 1 is 1.14 bits per heavy atom. The molecule has 2 heterocycles. The molecule has 2 aliphatic heterocycles. The van der Waals surface area contributed by atoms with E-state index in [0.717, 1.165) is 34.9 Å². The molecular formula is C29H37BN2O4. The molecule has 1 unspecified atom stereocenters. The van der Waals surface area contributed by atoms with Crippen LogP contribution in [0, 0.1) is 23.2 Å². The molecule has 1 saturated heterocycles. The Hall–Kier alpha value is -2.38. The van der Waals surface area contributed by atoms with Gasteiger partial charge < -0.3 is 19.5 Å². The molecule has 0 radical (unpaired) electrons. The molecule has 36 heavy (non-hydrogen) atoms. The molecular weight excluding hydrogens is 451 g/mol. The van der Waals surface area contributed by atoms with Crippen molar-refractivity contribution in [2.45, 2.75) is 84.1 Å². The van der Waals surface area contributed by atoms with Crippen molar-refractivity contribution in [3.8, 4) is 0 Å². The average Bonchev–Trinajstić information content (AvgIpc) is 3.47. The highest BCUT2D eigenvalue weighted by atomic mass is 16.7. The first kappa shape index (κ1) is 24.0. The lowest BCUT2D eigenvalue weighted by Crippen LogP contribution is -2.65. The maximum Gasteiger partial charge on any atom is 0.481 e. The summed E-state index contributed by atoms with van der Waals surface area (Å²) in [6, 6.07) is 14.4. The second-order valence-corrected chi connectivity index (χ2v) is 12.4. The molecule has 0 spiro atoms. The smallest absolute Gasteiger partial charge is 0.404 e. The fourth-order valence-electron chi connectivity index (χ4n) is 7.25. The van der Waals surface area contributed by atoms with Crippen LogP contribution < -0.4 is 5.32 Å². The number of carbonyl (C=O) groups excluding carboxylic acids is 1. The van der Waals surface area contributed by atoms with E-state index in [0.29, 0.717) is 24.2 Å². The molecule has 2 bridgehead atoms. The Balaban J connectivity index is 1.15. The Kier molecular flexibility index (Phi) is 5.73. The van der Waals surface area contributed by atoms with Crippen molar-refractivity contribution >= 4 is 29.5 Å². The zero-order chi connectivity index (χ0) is 25.2. The van der Waals surface area contributed by atoms with Crippen LogP contribution in [0.3, 0.4) is 0 Å². The lowest BCUT2D eigenvalue weighted by molar-refractivity contribution is -0.199. The van der Waals surface area contributed by atoms with Crippen LogP contribution in [0.25, 0.3) is 10.8 Å². The normalized spacial score (nSPS) is 33.1. The van der Waals surface area contributed by atoms with Gasteiger partial charge in [0.2, 0.25) is 6.10 Å². The van der Waals surface area contributed by atoms with Crippen LogP contribution >= 0.6 is 0 Å². The Bertz CT molecular complexity index is 1210. The van der Waals surface area contributed by atoms with E-state index in [2.05, 4.69) is 63.3 Å². The van der Waals surface area contributed by atoms with Crippen LogP contribution in [-0.2, 0) is 18.9 Å². The predicted octanol–water partition coefficient (Wildman–Crippen LogP) is 5.13. The van der Waals surface area contributed by atoms with E-state index in [1.165, 1.54) is 6.42 Å². The van der Waals surface area contributed by atoms with E-state index >= 15 is 0 Å². The molecule has 1 amide bonds. The van der Waals surface area contributed by atoms with E-state index in [1.54, 1.807) is 0 Å². The van der Waals surface area contributed by atoms with E-state index in [9.17, 15) is 4.79 Å². The SMILES string of the molecule is CC(C)C[C@H](NC(=O)C1CC(c2cccc3ccccc23)=NO1)B1O[C@@H]2C[C@@H]3C[C@@H](C3(C)C)[C@]2(C)O1. The first-order valence-corrected chi connectivity index (χ1v) is 13.5. The largest absolute Gasteiger partial charge is 0.481 e. The van der Waals surface area contributed by atoms with Crippen molar-refractivity contribution in [1.82, 2.24) is 5.32 Å². The highest BCUT2D eigenvalue weighted by molar-refractivity contribution is 6.48. The number of carbonyl (C=O) groups is 1. The van der Waals surface area contributed by atoms with Crippen LogP contribution in [0.1, 0.15) is 65.9 Å². The second-order valence-electron chi connectivity index (χ2n) is 12.4. The summed E-state index contributed by atoms with van der Waals surface area (Å²) < 4.78 is 13.2. The molecule has 190 valence electrons. The fourth-order valence-corrected chi connectivity index (χ4v) is 7.25. The van der Waals surface area contributed by atoms with Crippen molar-refractivity contribution in [1.29, 1.82) is 0 Å². The minimum atomic E-state index is -0.653. The van der Waals surface area contributed by atoms with Crippen LogP contribution in [0.2, 0.25) is 0 Å². The number of benzene rings is 2. The van der Waals surface area contributed by atoms with Gasteiger partial charge in [-0.3, -0.25) is 4.79 Å². The van der Waals surface area contributed by atoms with Crippen LogP contribution in [0.15, 0.2) is 47.6 Å². The third-order valence-corrected chi connectivity index (χ3v) is 9.41.